The summed E-state index contributed by atoms with van der Waals surface area (Å²) < 4.78 is 13.0. The maximum Gasteiger partial charge on any atom is 0.166 e. The maximum absolute atomic E-state index is 13.0. The van der Waals surface area contributed by atoms with Gasteiger partial charge in [0.05, 0.1) is 11.1 Å². The Bertz CT molecular complexity index is 592. The number of fused-ring (bicyclic) bond motifs is 1. The molecule has 2 aromatic rings. The molecule has 2 rings (SSSR count). The Morgan fingerprint density at radius 3 is 2.80 bits per heavy atom. The summed E-state index contributed by atoms with van der Waals surface area (Å²) in [7, 11) is 0. The van der Waals surface area contributed by atoms with Crippen LogP contribution in [0.15, 0.2) is 18.2 Å². The lowest BCUT2D eigenvalue weighted by Crippen LogP contribution is -1.87. The van der Waals surface area contributed by atoms with Gasteiger partial charge in [0.2, 0.25) is 0 Å². The lowest BCUT2D eigenvalue weighted by molar-refractivity contribution is 0.433. The molecule has 0 unspecified atom stereocenters. The fraction of sp³-hybridized carbons (Fsp3) is 0. The molecule has 0 aliphatic carbocycles. The van der Waals surface area contributed by atoms with E-state index >= 15 is 0 Å². The quantitative estimate of drug-likeness (QED) is 0.697. The Morgan fingerprint density at radius 1 is 1.40 bits per heavy atom. The molecule has 1 aromatic heterocycles. The highest BCUT2D eigenvalue weighted by atomic mass is 35.5. The molecule has 74 valence electrons. The Morgan fingerprint density at radius 2 is 2.13 bits per heavy atom. The normalized spacial score (nSPS) is 10.2. The van der Waals surface area contributed by atoms with E-state index < -0.39 is 11.6 Å². The van der Waals surface area contributed by atoms with Gasteiger partial charge >= 0.3 is 0 Å². The van der Waals surface area contributed by atoms with Crippen molar-refractivity contribution in [2.24, 2.45) is 0 Å². The standard InChI is InChI=1S/C10H4ClFN2O/c11-10-6(4-13)1-5-2-9(15)7(12)3-8(5)14-10/h1-3,15H. The number of aromatic hydroxyl groups is 1. The van der Waals surface area contributed by atoms with E-state index in [1.807, 2.05) is 6.07 Å². The van der Waals surface area contributed by atoms with Crippen LogP contribution in [-0.2, 0) is 0 Å². The fourth-order valence-electron chi connectivity index (χ4n) is 1.24. The number of rotatable bonds is 0. The van der Waals surface area contributed by atoms with E-state index in [1.54, 1.807) is 0 Å². The average molecular weight is 223 g/mol. The van der Waals surface area contributed by atoms with Gasteiger partial charge in [0.15, 0.2) is 11.6 Å². The summed E-state index contributed by atoms with van der Waals surface area (Å²) in [5.74, 6) is -1.24. The van der Waals surface area contributed by atoms with E-state index in [9.17, 15) is 4.39 Å². The maximum atomic E-state index is 13.0. The molecule has 0 bridgehead atoms. The first-order valence-electron chi connectivity index (χ1n) is 4.00. The predicted molar refractivity (Wildman–Crippen MR) is 53.1 cm³/mol. The molecule has 3 nitrogen and oxygen atoms in total. The SMILES string of the molecule is N#Cc1cc2cc(O)c(F)cc2nc1Cl. The predicted octanol–water partition coefficient (Wildman–Crippen LogP) is 2.60. The van der Waals surface area contributed by atoms with Crippen molar-refractivity contribution in [1.82, 2.24) is 4.98 Å². The number of hydrogen-bond donors (Lipinski definition) is 1. The molecule has 1 aromatic carbocycles. The van der Waals surface area contributed by atoms with Crippen molar-refractivity contribution in [3.05, 3.63) is 34.7 Å². The molecule has 0 saturated carbocycles. The number of aromatic nitrogens is 1. The lowest BCUT2D eigenvalue weighted by Gasteiger charge is -2.01. The Balaban J connectivity index is 2.84. The van der Waals surface area contributed by atoms with Crippen LogP contribution in [-0.4, -0.2) is 10.1 Å². The van der Waals surface area contributed by atoms with Gasteiger partial charge in [0.25, 0.3) is 0 Å². The van der Waals surface area contributed by atoms with Gasteiger partial charge in [0.1, 0.15) is 11.2 Å². The number of nitriles is 1. The molecule has 15 heavy (non-hydrogen) atoms. The minimum atomic E-state index is -0.768. The van der Waals surface area contributed by atoms with Crippen molar-refractivity contribution in [3.63, 3.8) is 0 Å². The van der Waals surface area contributed by atoms with Crippen LogP contribution < -0.4 is 0 Å². The summed E-state index contributed by atoms with van der Waals surface area (Å²) in [5.41, 5.74) is 0.490. The van der Waals surface area contributed by atoms with Crippen molar-refractivity contribution >= 4 is 22.5 Å². The minimum absolute atomic E-state index is 0.0232. The van der Waals surface area contributed by atoms with E-state index in [2.05, 4.69) is 4.98 Å². The van der Waals surface area contributed by atoms with Gasteiger partial charge < -0.3 is 5.11 Å². The van der Waals surface area contributed by atoms with Crippen molar-refractivity contribution in [3.8, 4) is 11.8 Å². The molecule has 0 spiro atoms. The van der Waals surface area contributed by atoms with E-state index in [4.69, 9.17) is 22.0 Å². The molecule has 0 radical (unpaired) electrons. The highest BCUT2D eigenvalue weighted by Gasteiger charge is 2.08. The van der Waals surface area contributed by atoms with Gasteiger partial charge in [-0.2, -0.15) is 5.26 Å². The van der Waals surface area contributed by atoms with Gasteiger partial charge in [-0.05, 0) is 12.1 Å². The van der Waals surface area contributed by atoms with E-state index in [0.29, 0.717) is 10.9 Å². The molecular formula is C10H4ClFN2O. The molecule has 1 heterocycles. The van der Waals surface area contributed by atoms with Gasteiger partial charge in [0, 0.05) is 11.5 Å². The number of benzene rings is 1. The van der Waals surface area contributed by atoms with E-state index in [1.165, 1.54) is 12.1 Å². The van der Waals surface area contributed by atoms with Crippen molar-refractivity contribution in [2.75, 3.05) is 0 Å². The van der Waals surface area contributed by atoms with Crippen LogP contribution in [0.3, 0.4) is 0 Å². The topological polar surface area (TPSA) is 56.9 Å². The minimum Gasteiger partial charge on any atom is -0.505 e. The smallest absolute Gasteiger partial charge is 0.166 e. The molecule has 0 aliphatic rings. The van der Waals surface area contributed by atoms with Crippen molar-refractivity contribution in [1.29, 1.82) is 5.26 Å². The lowest BCUT2D eigenvalue weighted by atomic mass is 10.1. The third kappa shape index (κ3) is 1.58. The number of nitrogens with zero attached hydrogens (tertiary/aromatic N) is 2. The van der Waals surface area contributed by atoms with E-state index in [0.717, 1.165) is 6.07 Å². The summed E-state index contributed by atoms with van der Waals surface area (Å²) in [6.07, 6.45) is 0. The van der Waals surface area contributed by atoms with Crippen LogP contribution in [0.1, 0.15) is 5.56 Å². The number of phenols is 1. The van der Waals surface area contributed by atoms with Gasteiger partial charge in [-0.25, -0.2) is 9.37 Å². The fourth-order valence-corrected chi connectivity index (χ4v) is 1.43. The van der Waals surface area contributed by atoms with E-state index in [-0.39, 0.29) is 10.7 Å². The van der Waals surface area contributed by atoms with Crippen LogP contribution in [0.4, 0.5) is 4.39 Å². The van der Waals surface area contributed by atoms with Crippen LogP contribution in [0.5, 0.6) is 5.75 Å². The second-order valence-corrected chi connectivity index (χ2v) is 3.29. The first kappa shape index (κ1) is 9.69. The molecular weight excluding hydrogens is 219 g/mol. The van der Waals surface area contributed by atoms with Gasteiger partial charge in [-0.1, -0.05) is 11.6 Å². The highest BCUT2D eigenvalue weighted by molar-refractivity contribution is 6.31. The van der Waals surface area contributed by atoms with Crippen LogP contribution >= 0.6 is 11.6 Å². The third-order valence-corrected chi connectivity index (χ3v) is 2.25. The number of halogens is 2. The molecule has 5 heteroatoms. The van der Waals surface area contributed by atoms with Crippen LogP contribution in [0.25, 0.3) is 10.9 Å². The summed E-state index contributed by atoms with van der Waals surface area (Å²) in [4.78, 5) is 3.84. The Labute approximate surface area is 89.4 Å². The Hall–Kier alpha value is -1.86. The second kappa shape index (κ2) is 3.37. The molecule has 0 amide bonds. The Kier molecular flexibility index (Phi) is 2.18. The van der Waals surface area contributed by atoms with Crippen molar-refractivity contribution < 1.29 is 9.50 Å². The molecule has 0 fully saturated rings. The van der Waals surface area contributed by atoms with Crippen LogP contribution in [0.2, 0.25) is 5.15 Å². The monoisotopic (exact) mass is 222 g/mol. The summed E-state index contributed by atoms with van der Waals surface area (Å²) >= 11 is 5.68. The zero-order chi connectivity index (χ0) is 11.0. The summed E-state index contributed by atoms with van der Waals surface area (Å²) in [6, 6.07) is 5.57. The molecule has 0 aliphatic heterocycles. The third-order valence-electron chi connectivity index (χ3n) is 1.96. The van der Waals surface area contributed by atoms with Crippen molar-refractivity contribution in [2.45, 2.75) is 0 Å². The zero-order valence-corrected chi connectivity index (χ0v) is 8.09. The molecule has 0 atom stereocenters. The summed E-state index contributed by atoms with van der Waals surface area (Å²) in [5, 5.41) is 18.3. The second-order valence-electron chi connectivity index (χ2n) is 2.93. The highest BCUT2D eigenvalue weighted by Crippen LogP contribution is 2.25. The largest absolute Gasteiger partial charge is 0.505 e. The number of phenolic OH excluding ortho intramolecular Hbond substituents is 1. The van der Waals surface area contributed by atoms with Gasteiger partial charge in [-0.15, -0.1) is 0 Å². The first-order valence-corrected chi connectivity index (χ1v) is 4.38. The zero-order valence-electron chi connectivity index (χ0n) is 7.33. The molecule has 0 saturated heterocycles. The summed E-state index contributed by atoms with van der Waals surface area (Å²) in [6.45, 7) is 0. The average Bonchev–Trinajstić information content (AvgIpc) is 2.20. The first-order chi connectivity index (χ1) is 7.11. The molecule has 1 N–H and O–H groups in total. The number of pyridine rings is 1. The number of hydrogen-bond acceptors (Lipinski definition) is 3. The van der Waals surface area contributed by atoms with Gasteiger partial charge in [-0.3, -0.25) is 0 Å². The van der Waals surface area contributed by atoms with Crippen LogP contribution in [0, 0.1) is 17.1 Å².